The number of hydrogen-bond donors (Lipinski definition) is 3. The van der Waals surface area contributed by atoms with Crippen molar-refractivity contribution in [1.29, 1.82) is 0 Å². The van der Waals surface area contributed by atoms with E-state index in [-0.39, 0.29) is 66.7 Å². The van der Waals surface area contributed by atoms with E-state index < -0.39 is 61.8 Å². The molecular weight excluding hydrogens is 813 g/mol. The zero-order chi connectivity index (χ0) is 42.2. The first kappa shape index (κ1) is 49.9. The van der Waals surface area contributed by atoms with Crippen LogP contribution in [0.1, 0.15) is 106 Å². The number of nitrogens with two attached hydrogens (primary N) is 1. The van der Waals surface area contributed by atoms with Gasteiger partial charge in [0, 0.05) is 41.9 Å². The third kappa shape index (κ3) is 13.4. The highest BCUT2D eigenvalue weighted by Gasteiger charge is 2.27. The Morgan fingerprint density at radius 1 is 0.661 bits per heavy atom. The van der Waals surface area contributed by atoms with E-state index in [0.29, 0.717) is 35.6 Å². The summed E-state index contributed by atoms with van der Waals surface area (Å²) in [4.78, 5) is 36.7. The van der Waals surface area contributed by atoms with Crippen LogP contribution in [-0.4, -0.2) is 54.4 Å². The molecule has 0 bridgehead atoms. The lowest BCUT2D eigenvalue weighted by Crippen LogP contribution is -2.27. The van der Waals surface area contributed by atoms with Gasteiger partial charge in [0.1, 0.15) is 22.5 Å². The Balaban J connectivity index is 0.000000346. The van der Waals surface area contributed by atoms with Crippen LogP contribution in [-0.2, 0) is 22.0 Å². The molecule has 4 N–H and O–H groups in total. The molecule has 0 radical (unpaired) electrons. The number of carbonyl (C=O) groups is 3. The number of Topliss-reactive ketones (excluding diaryl/α,β-unsaturated/α-hetero) is 1. The van der Waals surface area contributed by atoms with Crippen molar-refractivity contribution in [3.8, 4) is 11.5 Å². The minimum absolute atomic E-state index is 0. The lowest BCUT2D eigenvalue weighted by atomic mass is 10.00. The number of ether oxygens (including phenoxy) is 2. The first-order valence-electron chi connectivity index (χ1n) is 17.4. The summed E-state index contributed by atoms with van der Waals surface area (Å²) in [5.74, 6) is -4.72. The van der Waals surface area contributed by atoms with Crippen molar-refractivity contribution in [1.82, 2.24) is 0 Å². The molecular formula is C42H50F4N4O7S2. The third-order valence-corrected chi connectivity index (χ3v) is 10.6. The number of carbonyl (C=O) groups excluding carboxylic acids is 3. The number of halogens is 4. The van der Waals surface area contributed by atoms with E-state index in [2.05, 4.69) is 15.0 Å². The largest absolute Gasteiger partial charge is 0.492 e. The van der Waals surface area contributed by atoms with Crippen molar-refractivity contribution in [3.63, 3.8) is 0 Å². The van der Waals surface area contributed by atoms with E-state index in [4.69, 9.17) is 14.6 Å². The number of rotatable bonds is 5. The number of para-hydroxylation sites is 2. The van der Waals surface area contributed by atoms with Gasteiger partial charge < -0.3 is 20.1 Å². The summed E-state index contributed by atoms with van der Waals surface area (Å²) >= 11 is 0. The van der Waals surface area contributed by atoms with Crippen LogP contribution in [0.5, 0.6) is 11.5 Å². The predicted octanol–water partition coefficient (Wildman–Crippen LogP) is 9.11. The van der Waals surface area contributed by atoms with E-state index >= 15 is 0 Å². The molecule has 0 aliphatic carbocycles. The highest BCUT2D eigenvalue weighted by molar-refractivity contribution is 7.85. The standard InChI is InChI=1S/C20H20F2N2O3S.C16H11F2NO3.C4H11NOS.2CH4/c1-20(2,3)28(26)24-17-9-10-27-18-13(17)5-4-6-14(18)19(25)23-12-7-8-15(21)16(22)11-12;17-12-5-4-9(8-13(12)18)19-16(21)11-3-1-2-10-14(20)6-7-22-15(10)11;1-4(2,3)7(5)6;;/h4-8,11H,9-10H2,1-3H3,(H,23,25);1-5,8H,6-7H2,(H,19,21);5H2,1-3H3;2*1H4/t28-;;7-;;/m0.0../s1. The molecule has 6 rings (SSSR count). The molecule has 17 heteroatoms. The molecule has 2 amide bonds. The third-order valence-electron chi connectivity index (χ3n) is 7.97. The Bertz CT molecular complexity index is 2260. The first-order chi connectivity index (χ1) is 26.7. The van der Waals surface area contributed by atoms with Crippen LogP contribution in [0.15, 0.2) is 77.2 Å². The van der Waals surface area contributed by atoms with Gasteiger partial charge in [0.25, 0.3) is 11.8 Å². The predicted molar refractivity (Wildman–Crippen MR) is 226 cm³/mol. The molecule has 4 aromatic rings. The summed E-state index contributed by atoms with van der Waals surface area (Å²) in [6.07, 6.45) is 0.740. The molecule has 0 unspecified atom stereocenters. The molecule has 4 aromatic carbocycles. The molecule has 0 aromatic heterocycles. The second-order valence-electron chi connectivity index (χ2n) is 14.5. The van der Waals surface area contributed by atoms with Gasteiger partial charge >= 0.3 is 0 Å². The number of anilines is 2. The fraction of sp³-hybridized carbons (Fsp3) is 0.333. The Morgan fingerprint density at radius 2 is 1.08 bits per heavy atom. The van der Waals surface area contributed by atoms with Crippen LogP contribution in [0.2, 0.25) is 0 Å². The van der Waals surface area contributed by atoms with Crippen LogP contribution in [0.4, 0.5) is 28.9 Å². The highest BCUT2D eigenvalue weighted by Crippen LogP contribution is 2.32. The van der Waals surface area contributed by atoms with Gasteiger partial charge in [-0.05, 0) is 90.1 Å². The number of hydrogen-bond acceptors (Lipinski definition) is 7. The van der Waals surface area contributed by atoms with Crippen LogP contribution in [0, 0.1) is 23.3 Å². The van der Waals surface area contributed by atoms with Crippen LogP contribution >= 0.6 is 0 Å². The Labute approximate surface area is 347 Å². The Kier molecular flexibility index (Phi) is 17.9. The number of nitrogens with zero attached hydrogens (tertiary/aromatic N) is 1. The van der Waals surface area contributed by atoms with Crippen molar-refractivity contribution in [2.45, 2.75) is 78.7 Å². The summed E-state index contributed by atoms with van der Waals surface area (Å²) in [5, 5.41) is 10.0. The summed E-state index contributed by atoms with van der Waals surface area (Å²) in [6, 6.07) is 15.8. The minimum Gasteiger partial charge on any atom is -0.492 e. The minimum atomic E-state index is -1.44. The number of ketones is 1. The van der Waals surface area contributed by atoms with Gasteiger partial charge in [-0.25, -0.2) is 26.0 Å². The number of fused-ring (bicyclic) bond motifs is 2. The van der Waals surface area contributed by atoms with Crippen LogP contribution in [0.25, 0.3) is 0 Å². The first-order valence-corrected chi connectivity index (χ1v) is 19.7. The van der Waals surface area contributed by atoms with E-state index in [1.165, 1.54) is 18.2 Å². The fourth-order valence-corrected chi connectivity index (χ4v) is 5.49. The second-order valence-corrected chi connectivity index (χ2v) is 18.2. The topological polar surface area (TPSA) is 166 Å². The van der Waals surface area contributed by atoms with Crippen molar-refractivity contribution in [2.75, 3.05) is 23.8 Å². The maximum absolute atomic E-state index is 13.4. The lowest BCUT2D eigenvalue weighted by Gasteiger charge is -2.22. The van der Waals surface area contributed by atoms with Gasteiger partial charge in [-0.1, -0.05) is 27.0 Å². The van der Waals surface area contributed by atoms with Crippen LogP contribution < -0.4 is 25.2 Å². The lowest BCUT2D eigenvalue weighted by molar-refractivity contribution is 0.0930. The molecule has 0 fully saturated rings. The molecule has 0 saturated carbocycles. The van der Waals surface area contributed by atoms with Gasteiger partial charge in [-0.3, -0.25) is 19.5 Å². The Hall–Kier alpha value is -5.26. The van der Waals surface area contributed by atoms with E-state index in [1.807, 2.05) is 41.5 Å². The van der Waals surface area contributed by atoms with Gasteiger partial charge in [-0.2, -0.15) is 4.40 Å². The zero-order valence-electron chi connectivity index (χ0n) is 32.0. The summed E-state index contributed by atoms with van der Waals surface area (Å²) < 4.78 is 89.9. The van der Waals surface area contributed by atoms with Gasteiger partial charge in [0.2, 0.25) is 0 Å². The van der Waals surface area contributed by atoms with Crippen molar-refractivity contribution in [3.05, 3.63) is 118 Å². The zero-order valence-corrected chi connectivity index (χ0v) is 33.6. The van der Waals surface area contributed by atoms with Crippen molar-refractivity contribution < 1.29 is 49.8 Å². The van der Waals surface area contributed by atoms with Crippen LogP contribution in [0.3, 0.4) is 0 Å². The molecule has 2 aliphatic heterocycles. The van der Waals surface area contributed by atoms with Gasteiger partial charge in [0.05, 0.1) is 56.1 Å². The maximum atomic E-state index is 13.4. The highest BCUT2D eigenvalue weighted by atomic mass is 32.2. The van der Waals surface area contributed by atoms with E-state index in [1.54, 1.807) is 30.3 Å². The van der Waals surface area contributed by atoms with Crippen molar-refractivity contribution in [2.24, 2.45) is 9.54 Å². The molecule has 2 atom stereocenters. The quantitative estimate of drug-likeness (QED) is 0.168. The number of amides is 2. The smallest absolute Gasteiger partial charge is 0.259 e. The van der Waals surface area contributed by atoms with Gasteiger partial charge in [-0.15, -0.1) is 0 Å². The molecule has 2 aliphatic rings. The fourth-order valence-electron chi connectivity index (χ4n) is 4.83. The number of nitrogens with one attached hydrogen (secondary N) is 2. The SMILES string of the molecule is C.C.CC(C)(C)[S@@](N)=O.CC(C)(C)[S@](=O)N=C1CCOc2c(C(=O)Nc3ccc(F)c(F)c3)cccc21.O=C1CCOc2c1cccc2C(=O)Nc1ccc(F)c(F)c1. The van der Waals surface area contributed by atoms with Crippen molar-refractivity contribution >= 4 is 56.7 Å². The molecule has 2 heterocycles. The normalized spacial score (nSPS) is 14.6. The monoisotopic (exact) mass is 862 g/mol. The summed E-state index contributed by atoms with van der Waals surface area (Å²) in [6.45, 7) is 11.5. The molecule has 11 nitrogen and oxygen atoms in total. The molecule has 0 saturated heterocycles. The maximum Gasteiger partial charge on any atom is 0.259 e. The summed E-state index contributed by atoms with van der Waals surface area (Å²) in [7, 11) is -2.62. The molecule has 320 valence electrons. The van der Waals surface area contributed by atoms with E-state index in [9.17, 15) is 40.4 Å². The average Bonchev–Trinajstić information content (AvgIpc) is 3.14. The Morgan fingerprint density at radius 3 is 1.51 bits per heavy atom. The average molecular weight is 863 g/mol. The molecule has 59 heavy (non-hydrogen) atoms. The molecule has 0 spiro atoms. The van der Waals surface area contributed by atoms with E-state index in [0.717, 1.165) is 24.3 Å². The van der Waals surface area contributed by atoms with Gasteiger partial charge in [0.15, 0.2) is 29.1 Å². The number of benzene rings is 4. The second kappa shape index (κ2) is 21.1. The summed E-state index contributed by atoms with van der Waals surface area (Å²) in [5.41, 5.74) is 2.21.